The van der Waals surface area contributed by atoms with Gasteiger partial charge in [0.1, 0.15) is 5.82 Å². The molecule has 0 saturated heterocycles. The molecule has 0 fully saturated rings. The third-order valence-corrected chi connectivity index (χ3v) is 5.76. The number of anilines is 1. The van der Waals surface area contributed by atoms with Crippen molar-refractivity contribution in [3.8, 4) is 0 Å². The molecule has 0 saturated carbocycles. The monoisotopic (exact) mass is 356 g/mol. The molecule has 0 aromatic heterocycles. The van der Waals surface area contributed by atoms with E-state index in [1.165, 1.54) is 11.4 Å². The van der Waals surface area contributed by atoms with E-state index in [1.807, 2.05) is 6.26 Å². The Morgan fingerprint density at radius 1 is 1.50 bits per heavy atom. The fraction of sp³-hybridized carbons (Fsp3) is 0.400. The molecule has 0 radical (unpaired) electrons. The second-order valence-electron chi connectivity index (χ2n) is 3.62. The van der Waals surface area contributed by atoms with Crippen LogP contribution in [-0.4, -0.2) is 38.3 Å². The van der Waals surface area contributed by atoms with Crippen molar-refractivity contribution >= 4 is 43.4 Å². The molecule has 8 heteroatoms. The van der Waals surface area contributed by atoms with Crippen LogP contribution in [0, 0.1) is 5.82 Å². The van der Waals surface area contributed by atoms with Crippen molar-refractivity contribution in [1.82, 2.24) is 4.31 Å². The molecule has 4 nitrogen and oxygen atoms in total. The smallest absolute Gasteiger partial charge is 0.244 e. The van der Waals surface area contributed by atoms with Crippen LogP contribution in [-0.2, 0) is 10.0 Å². The van der Waals surface area contributed by atoms with E-state index in [-0.39, 0.29) is 15.1 Å². The summed E-state index contributed by atoms with van der Waals surface area (Å²) in [6, 6.07) is 2.19. The maximum atomic E-state index is 13.2. The molecule has 0 aliphatic rings. The van der Waals surface area contributed by atoms with Crippen LogP contribution in [0.5, 0.6) is 0 Å². The first-order valence-corrected chi connectivity index (χ1v) is 8.63. The minimum atomic E-state index is -3.65. The van der Waals surface area contributed by atoms with Gasteiger partial charge in [0.15, 0.2) is 0 Å². The summed E-state index contributed by atoms with van der Waals surface area (Å²) in [5, 5.41) is 0. The lowest BCUT2D eigenvalue weighted by Crippen LogP contribution is -2.29. The number of benzene rings is 1. The summed E-state index contributed by atoms with van der Waals surface area (Å²) in [6.07, 6.45) is 1.90. The first-order valence-electron chi connectivity index (χ1n) is 5.00. The third kappa shape index (κ3) is 3.37. The van der Waals surface area contributed by atoms with E-state index in [4.69, 9.17) is 5.73 Å². The highest BCUT2D eigenvalue weighted by Gasteiger charge is 2.24. The fourth-order valence-electron chi connectivity index (χ4n) is 1.25. The first-order chi connectivity index (χ1) is 8.30. The first kappa shape index (κ1) is 15.7. The van der Waals surface area contributed by atoms with Crippen LogP contribution in [0.2, 0.25) is 0 Å². The number of hydrogen-bond acceptors (Lipinski definition) is 4. The second kappa shape index (κ2) is 6.23. The molecule has 102 valence electrons. The number of rotatable bonds is 5. The predicted molar refractivity (Wildman–Crippen MR) is 76.7 cm³/mol. The summed E-state index contributed by atoms with van der Waals surface area (Å²) in [6.45, 7) is 0.382. The van der Waals surface area contributed by atoms with Crippen molar-refractivity contribution in [2.24, 2.45) is 0 Å². The van der Waals surface area contributed by atoms with Crippen molar-refractivity contribution in [3.63, 3.8) is 0 Å². The van der Waals surface area contributed by atoms with Gasteiger partial charge in [-0.05, 0) is 34.3 Å². The summed E-state index contributed by atoms with van der Waals surface area (Å²) >= 11 is 4.60. The van der Waals surface area contributed by atoms with Crippen molar-refractivity contribution in [1.29, 1.82) is 0 Å². The second-order valence-corrected chi connectivity index (χ2v) is 7.48. The molecule has 0 aliphatic carbocycles. The molecule has 0 bridgehead atoms. The topological polar surface area (TPSA) is 63.4 Å². The molecule has 18 heavy (non-hydrogen) atoms. The molecule has 0 heterocycles. The van der Waals surface area contributed by atoms with Gasteiger partial charge in [-0.2, -0.15) is 11.8 Å². The molecule has 0 aliphatic heterocycles. The molecule has 0 spiro atoms. The Morgan fingerprint density at radius 3 is 2.67 bits per heavy atom. The highest BCUT2D eigenvalue weighted by atomic mass is 79.9. The van der Waals surface area contributed by atoms with Crippen molar-refractivity contribution in [3.05, 3.63) is 22.4 Å². The van der Waals surface area contributed by atoms with E-state index in [1.54, 1.807) is 11.8 Å². The summed E-state index contributed by atoms with van der Waals surface area (Å²) in [5.74, 6) is 0.0388. The lowest BCUT2D eigenvalue weighted by atomic mass is 10.3. The van der Waals surface area contributed by atoms with Crippen LogP contribution in [0.1, 0.15) is 0 Å². The predicted octanol–water partition coefficient (Wildman–Crippen LogP) is 2.15. The number of halogens is 2. The molecule has 2 N–H and O–H groups in total. The van der Waals surface area contributed by atoms with Gasteiger partial charge >= 0.3 is 0 Å². The zero-order chi connectivity index (χ0) is 13.9. The van der Waals surface area contributed by atoms with Crippen molar-refractivity contribution in [2.75, 3.05) is 31.3 Å². The van der Waals surface area contributed by atoms with Crippen LogP contribution in [0.25, 0.3) is 0 Å². The summed E-state index contributed by atoms with van der Waals surface area (Å²) in [5.41, 5.74) is 5.22. The lowest BCUT2D eigenvalue weighted by molar-refractivity contribution is 0.488. The van der Waals surface area contributed by atoms with Gasteiger partial charge in [-0.15, -0.1) is 0 Å². The Balaban J connectivity index is 3.16. The average Bonchev–Trinajstić information content (AvgIpc) is 2.30. The van der Waals surface area contributed by atoms with Gasteiger partial charge < -0.3 is 5.73 Å². The van der Waals surface area contributed by atoms with Crippen molar-refractivity contribution < 1.29 is 12.8 Å². The van der Waals surface area contributed by atoms with Crippen LogP contribution < -0.4 is 5.73 Å². The maximum Gasteiger partial charge on any atom is 0.244 e. The Kier molecular flexibility index (Phi) is 5.45. The normalized spacial score (nSPS) is 12.1. The summed E-state index contributed by atoms with van der Waals surface area (Å²) in [4.78, 5) is -0.0231. The van der Waals surface area contributed by atoms with Gasteiger partial charge in [-0.3, -0.25) is 0 Å². The molecule has 0 unspecified atom stereocenters. The Bertz CT molecular complexity index is 537. The van der Waals surface area contributed by atoms with E-state index in [9.17, 15) is 12.8 Å². The Labute approximate surface area is 119 Å². The molecule has 1 rings (SSSR count). The Morgan fingerprint density at radius 2 is 2.11 bits per heavy atom. The zero-order valence-corrected chi connectivity index (χ0v) is 13.2. The SMILES string of the molecule is CSCCN(C)S(=O)(=O)c1cc(N)c(F)cc1Br. The van der Waals surface area contributed by atoms with Gasteiger partial charge in [0, 0.05) is 23.8 Å². The number of nitrogens with two attached hydrogens (primary N) is 1. The van der Waals surface area contributed by atoms with Gasteiger partial charge in [-0.25, -0.2) is 17.1 Å². The van der Waals surface area contributed by atoms with E-state index in [2.05, 4.69) is 15.9 Å². The van der Waals surface area contributed by atoms with E-state index >= 15 is 0 Å². The van der Waals surface area contributed by atoms with Gasteiger partial charge in [0.05, 0.1) is 10.6 Å². The van der Waals surface area contributed by atoms with E-state index in [0.29, 0.717) is 12.3 Å². The van der Waals surface area contributed by atoms with E-state index < -0.39 is 15.8 Å². The van der Waals surface area contributed by atoms with Crippen LogP contribution >= 0.6 is 27.7 Å². The quantitative estimate of drug-likeness (QED) is 0.821. The van der Waals surface area contributed by atoms with Crippen LogP contribution in [0.15, 0.2) is 21.5 Å². The fourth-order valence-corrected chi connectivity index (χ4v) is 4.00. The van der Waals surface area contributed by atoms with Gasteiger partial charge in [0.25, 0.3) is 0 Å². The number of nitrogen functional groups attached to an aromatic ring is 1. The highest BCUT2D eigenvalue weighted by molar-refractivity contribution is 9.10. The molecule has 0 amide bonds. The van der Waals surface area contributed by atoms with Gasteiger partial charge in [0.2, 0.25) is 10.0 Å². The summed E-state index contributed by atoms with van der Waals surface area (Å²) < 4.78 is 39.0. The highest BCUT2D eigenvalue weighted by Crippen LogP contribution is 2.28. The average molecular weight is 357 g/mol. The zero-order valence-electron chi connectivity index (χ0n) is 9.98. The summed E-state index contributed by atoms with van der Waals surface area (Å²) in [7, 11) is -2.17. The molecular formula is C10H14BrFN2O2S2. The Hall–Kier alpha value is -0.310. The molecular weight excluding hydrogens is 343 g/mol. The number of sulfonamides is 1. The molecule has 1 aromatic rings. The minimum Gasteiger partial charge on any atom is -0.396 e. The van der Waals surface area contributed by atoms with Gasteiger partial charge in [-0.1, -0.05) is 0 Å². The number of hydrogen-bond donors (Lipinski definition) is 1. The largest absolute Gasteiger partial charge is 0.396 e. The number of thioether (sulfide) groups is 1. The number of nitrogens with zero attached hydrogens (tertiary/aromatic N) is 1. The van der Waals surface area contributed by atoms with Crippen molar-refractivity contribution in [2.45, 2.75) is 4.90 Å². The van der Waals surface area contributed by atoms with Crippen LogP contribution in [0.3, 0.4) is 0 Å². The standard InChI is InChI=1S/C10H14BrFN2O2S2/c1-14(3-4-17-2)18(15,16)10-6-9(13)8(12)5-7(10)11/h5-6H,3-4,13H2,1-2H3. The minimum absolute atomic E-state index is 0.0231. The third-order valence-electron chi connectivity index (χ3n) is 2.35. The van der Waals surface area contributed by atoms with E-state index in [0.717, 1.165) is 12.1 Å². The molecule has 0 atom stereocenters. The van der Waals surface area contributed by atoms with Crippen LogP contribution in [0.4, 0.5) is 10.1 Å². The lowest BCUT2D eigenvalue weighted by Gasteiger charge is -2.18. The maximum absolute atomic E-state index is 13.2. The molecule has 1 aromatic carbocycles.